The van der Waals surface area contributed by atoms with Gasteiger partial charge in [-0.05, 0) is 32.3 Å². The second-order valence-electron chi connectivity index (χ2n) is 5.10. The maximum Gasteiger partial charge on any atom is 0.144 e. The summed E-state index contributed by atoms with van der Waals surface area (Å²) >= 11 is 0. The Labute approximate surface area is 108 Å². The van der Waals surface area contributed by atoms with E-state index in [-0.39, 0.29) is 11.7 Å². The van der Waals surface area contributed by atoms with E-state index in [2.05, 4.69) is 18.9 Å². The molecule has 1 fully saturated rings. The van der Waals surface area contributed by atoms with Gasteiger partial charge in [0.1, 0.15) is 5.78 Å². The Kier molecular flexibility index (Phi) is 4.53. The van der Waals surface area contributed by atoms with Crippen molar-refractivity contribution in [3.63, 3.8) is 0 Å². The largest absolute Gasteiger partial charge is 0.381 e. The molecule has 2 rings (SSSR count). The zero-order valence-corrected chi connectivity index (χ0v) is 11.3. The zero-order chi connectivity index (χ0) is 13.0. The molecule has 1 aromatic rings. The van der Waals surface area contributed by atoms with E-state index in [0.29, 0.717) is 19.1 Å². The smallest absolute Gasteiger partial charge is 0.144 e. The monoisotopic (exact) mass is 250 g/mol. The lowest BCUT2D eigenvalue weighted by Gasteiger charge is -2.20. The first-order chi connectivity index (χ1) is 8.70. The summed E-state index contributed by atoms with van der Waals surface area (Å²) in [5, 5.41) is 4.47. The molecule has 0 aliphatic carbocycles. The van der Waals surface area contributed by atoms with Crippen molar-refractivity contribution < 1.29 is 9.53 Å². The summed E-state index contributed by atoms with van der Waals surface area (Å²) in [7, 11) is 0. The van der Waals surface area contributed by atoms with Crippen molar-refractivity contribution in [3.8, 4) is 0 Å². The lowest BCUT2D eigenvalue weighted by Crippen LogP contribution is -2.26. The maximum absolute atomic E-state index is 12.1. The molecule has 1 aliphatic heterocycles. The standard InChI is InChI=1S/C14H22N2O2/c1-3-11(2)16-7-6-13(15-16)9-14(17)12-5-4-8-18-10-12/h6-7,11-12H,3-5,8-10H2,1-2H3. The van der Waals surface area contributed by atoms with E-state index < -0.39 is 0 Å². The Morgan fingerprint density at radius 1 is 1.67 bits per heavy atom. The third kappa shape index (κ3) is 3.19. The van der Waals surface area contributed by atoms with E-state index in [1.807, 2.05) is 16.9 Å². The molecule has 1 aromatic heterocycles. The topological polar surface area (TPSA) is 44.1 Å². The van der Waals surface area contributed by atoms with E-state index in [0.717, 1.165) is 31.6 Å². The van der Waals surface area contributed by atoms with Gasteiger partial charge in [0, 0.05) is 24.8 Å². The lowest BCUT2D eigenvalue weighted by molar-refractivity contribution is -0.126. The number of hydrogen-bond donors (Lipinski definition) is 0. The highest BCUT2D eigenvalue weighted by molar-refractivity contribution is 5.83. The fourth-order valence-corrected chi connectivity index (χ4v) is 2.22. The van der Waals surface area contributed by atoms with Crippen molar-refractivity contribution in [3.05, 3.63) is 18.0 Å². The number of carbonyl (C=O) groups is 1. The van der Waals surface area contributed by atoms with Gasteiger partial charge in [-0.3, -0.25) is 9.48 Å². The number of ether oxygens (including phenoxy) is 1. The summed E-state index contributed by atoms with van der Waals surface area (Å²) in [5.74, 6) is 0.344. The third-order valence-electron chi connectivity index (χ3n) is 3.68. The molecule has 0 N–H and O–H groups in total. The van der Waals surface area contributed by atoms with Crippen LogP contribution in [-0.2, 0) is 16.0 Å². The van der Waals surface area contributed by atoms with Gasteiger partial charge in [-0.15, -0.1) is 0 Å². The number of aromatic nitrogens is 2. The van der Waals surface area contributed by atoms with Crippen LogP contribution in [0.5, 0.6) is 0 Å². The van der Waals surface area contributed by atoms with Crippen molar-refractivity contribution >= 4 is 5.78 Å². The molecule has 18 heavy (non-hydrogen) atoms. The van der Waals surface area contributed by atoms with Crippen LogP contribution in [0.2, 0.25) is 0 Å². The molecule has 4 nitrogen and oxygen atoms in total. The molecule has 1 saturated heterocycles. The minimum atomic E-state index is 0.0764. The molecule has 0 amide bonds. The van der Waals surface area contributed by atoms with E-state index in [1.54, 1.807) is 0 Å². The van der Waals surface area contributed by atoms with E-state index in [9.17, 15) is 4.79 Å². The Balaban J connectivity index is 1.92. The summed E-state index contributed by atoms with van der Waals surface area (Å²) in [6.07, 6.45) is 5.42. The number of hydrogen-bond acceptors (Lipinski definition) is 3. The summed E-state index contributed by atoms with van der Waals surface area (Å²) < 4.78 is 7.30. The van der Waals surface area contributed by atoms with Crippen molar-refractivity contribution in [1.82, 2.24) is 9.78 Å². The average molecular weight is 250 g/mol. The molecule has 0 bridgehead atoms. The van der Waals surface area contributed by atoms with Crippen LogP contribution in [0, 0.1) is 5.92 Å². The Morgan fingerprint density at radius 3 is 3.17 bits per heavy atom. The molecular weight excluding hydrogens is 228 g/mol. The second-order valence-corrected chi connectivity index (χ2v) is 5.10. The molecule has 0 radical (unpaired) electrons. The SMILES string of the molecule is CCC(C)n1ccc(CC(=O)C2CCCOC2)n1. The van der Waals surface area contributed by atoms with Crippen molar-refractivity contribution in [2.45, 2.75) is 45.6 Å². The molecular formula is C14H22N2O2. The minimum absolute atomic E-state index is 0.0764. The van der Waals surface area contributed by atoms with E-state index in [4.69, 9.17) is 4.74 Å². The van der Waals surface area contributed by atoms with Crippen molar-refractivity contribution in [1.29, 1.82) is 0 Å². The molecule has 2 unspecified atom stereocenters. The number of Topliss-reactive ketones (excluding diaryl/α,β-unsaturated/α-hetero) is 1. The Hall–Kier alpha value is -1.16. The van der Waals surface area contributed by atoms with Crippen LogP contribution in [0.25, 0.3) is 0 Å². The summed E-state index contributed by atoms with van der Waals surface area (Å²) in [6.45, 7) is 5.65. The Morgan fingerprint density at radius 2 is 2.50 bits per heavy atom. The molecule has 100 valence electrons. The first-order valence-corrected chi connectivity index (χ1v) is 6.85. The van der Waals surface area contributed by atoms with Gasteiger partial charge in [-0.25, -0.2) is 0 Å². The maximum atomic E-state index is 12.1. The summed E-state index contributed by atoms with van der Waals surface area (Å²) in [5.41, 5.74) is 0.880. The molecule has 0 saturated carbocycles. The van der Waals surface area contributed by atoms with Crippen LogP contribution in [0.15, 0.2) is 12.3 Å². The zero-order valence-electron chi connectivity index (χ0n) is 11.3. The molecule has 2 atom stereocenters. The average Bonchev–Trinajstić information content (AvgIpc) is 2.87. The van der Waals surface area contributed by atoms with Crippen molar-refractivity contribution in [2.75, 3.05) is 13.2 Å². The first kappa shape index (κ1) is 13.3. The fraction of sp³-hybridized carbons (Fsp3) is 0.714. The van der Waals surface area contributed by atoms with Crippen molar-refractivity contribution in [2.24, 2.45) is 5.92 Å². The molecule has 2 heterocycles. The Bertz CT molecular complexity index is 394. The number of nitrogens with zero attached hydrogens (tertiary/aromatic N) is 2. The quantitative estimate of drug-likeness (QED) is 0.806. The van der Waals surface area contributed by atoms with E-state index in [1.165, 1.54) is 0 Å². The number of rotatable bonds is 5. The first-order valence-electron chi connectivity index (χ1n) is 6.85. The van der Waals surface area contributed by atoms with Gasteiger partial charge in [-0.1, -0.05) is 6.92 Å². The van der Waals surface area contributed by atoms with Gasteiger partial charge >= 0.3 is 0 Å². The van der Waals surface area contributed by atoms with Gasteiger partial charge in [0.2, 0.25) is 0 Å². The molecule has 4 heteroatoms. The van der Waals surface area contributed by atoms with E-state index >= 15 is 0 Å². The highest BCUT2D eigenvalue weighted by Crippen LogP contribution is 2.17. The van der Waals surface area contributed by atoms with Crippen LogP contribution in [0.3, 0.4) is 0 Å². The second kappa shape index (κ2) is 6.14. The highest BCUT2D eigenvalue weighted by Gasteiger charge is 2.22. The van der Waals surface area contributed by atoms with Gasteiger partial charge in [0.25, 0.3) is 0 Å². The molecule has 0 spiro atoms. The van der Waals surface area contributed by atoms with Crippen LogP contribution < -0.4 is 0 Å². The molecule has 1 aliphatic rings. The number of carbonyl (C=O) groups excluding carboxylic acids is 1. The van der Waals surface area contributed by atoms with Gasteiger partial charge < -0.3 is 4.74 Å². The van der Waals surface area contributed by atoms with Crippen LogP contribution >= 0.6 is 0 Å². The van der Waals surface area contributed by atoms with Crippen LogP contribution in [0.4, 0.5) is 0 Å². The minimum Gasteiger partial charge on any atom is -0.381 e. The normalized spacial score (nSPS) is 21.8. The predicted molar refractivity (Wildman–Crippen MR) is 69.5 cm³/mol. The number of ketones is 1. The summed E-state index contributed by atoms with van der Waals surface area (Å²) in [6, 6.07) is 2.35. The van der Waals surface area contributed by atoms with Gasteiger partial charge in [0.15, 0.2) is 0 Å². The third-order valence-corrected chi connectivity index (χ3v) is 3.68. The van der Waals surface area contributed by atoms with Crippen LogP contribution in [0.1, 0.15) is 44.8 Å². The van der Waals surface area contributed by atoms with Gasteiger partial charge in [0.05, 0.1) is 18.7 Å². The fourth-order valence-electron chi connectivity index (χ4n) is 2.22. The van der Waals surface area contributed by atoms with Gasteiger partial charge in [-0.2, -0.15) is 5.10 Å². The highest BCUT2D eigenvalue weighted by atomic mass is 16.5. The van der Waals surface area contributed by atoms with Crippen LogP contribution in [-0.4, -0.2) is 28.8 Å². The lowest BCUT2D eigenvalue weighted by atomic mass is 9.95. The predicted octanol–water partition coefficient (Wildman–Crippen LogP) is 2.39. The summed E-state index contributed by atoms with van der Waals surface area (Å²) in [4.78, 5) is 12.1. The molecule has 0 aromatic carbocycles.